The van der Waals surface area contributed by atoms with Gasteiger partial charge in [-0.3, -0.25) is 9.10 Å². The molecule has 0 saturated heterocycles. The second-order valence-corrected chi connectivity index (χ2v) is 10.0. The molecule has 0 unspecified atom stereocenters. The predicted octanol–water partition coefficient (Wildman–Crippen LogP) is 4.66. The largest absolute Gasteiger partial charge is 0.492 e. The van der Waals surface area contributed by atoms with Crippen molar-refractivity contribution in [2.75, 3.05) is 24.0 Å². The fourth-order valence-corrected chi connectivity index (χ4v) is 4.66. The first kappa shape index (κ1) is 24.6. The predicted molar refractivity (Wildman–Crippen MR) is 132 cm³/mol. The van der Waals surface area contributed by atoms with Crippen molar-refractivity contribution in [2.24, 2.45) is 0 Å². The number of carbonyl (C=O) groups is 1. The number of aryl methyl sites for hydroxylation is 3. The van der Waals surface area contributed by atoms with Gasteiger partial charge in [-0.1, -0.05) is 35.4 Å². The minimum absolute atomic E-state index is 0.0540. The third-order valence-corrected chi connectivity index (χ3v) is 7.22. The summed E-state index contributed by atoms with van der Waals surface area (Å²) in [7, 11) is -3.98. The second kappa shape index (κ2) is 10.7. The van der Waals surface area contributed by atoms with Gasteiger partial charge in [-0.2, -0.15) is 0 Å². The molecule has 6 nitrogen and oxygen atoms in total. The molecule has 0 bridgehead atoms. The number of amides is 1. The van der Waals surface area contributed by atoms with Gasteiger partial charge in [0.05, 0.1) is 17.1 Å². The molecule has 0 saturated carbocycles. The van der Waals surface area contributed by atoms with Crippen LogP contribution in [-0.4, -0.2) is 34.0 Å². The number of anilines is 1. The number of hydrogen-bond acceptors (Lipinski definition) is 4. The Morgan fingerprint density at radius 2 is 1.61 bits per heavy atom. The summed E-state index contributed by atoms with van der Waals surface area (Å²) in [5.74, 6) is 0.288. The van der Waals surface area contributed by atoms with Crippen LogP contribution in [0, 0.1) is 20.8 Å². The maximum atomic E-state index is 13.3. The normalized spacial score (nSPS) is 11.2. The molecule has 0 radical (unpaired) electrons. The lowest BCUT2D eigenvalue weighted by Crippen LogP contribution is -2.41. The maximum absolute atomic E-state index is 13.3. The van der Waals surface area contributed by atoms with Crippen LogP contribution in [0.3, 0.4) is 0 Å². The van der Waals surface area contributed by atoms with Crippen molar-refractivity contribution in [3.8, 4) is 5.75 Å². The van der Waals surface area contributed by atoms with E-state index in [0.29, 0.717) is 10.7 Å². The number of benzene rings is 3. The second-order valence-electron chi connectivity index (χ2n) is 7.75. The number of nitrogens with one attached hydrogen (secondary N) is 1. The van der Waals surface area contributed by atoms with E-state index >= 15 is 0 Å². The summed E-state index contributed by atoms with van der Waals surface area (Å²) in [5.41, 5.74) is 3.68. The quantitative estimate of drug-likeness (QED) is 0.446. The van der Waals surface area contributed by atoms with Gasteiger partial charge in [0.1, 0.15) is 18.9 Å². The Bertz CT molecular complexity index is 1210. The Labute approximate surface area is 200 Å². The zero-order chi connectivity index (χ0) is 24.0. The van der Waals surface area contributed by atoms with E-state index in [1.165, 1.54) is 29.8 Å². The van der Waals surface area contributed by atoms with Crippen LogP contribution in [0.5, 0.6) is 5.75 Å². The molecule has 3 aromatic rings. The number of carbonyl (C=O) groups excluding carboxylic acids is 1. The number of hydrogen-bond donors (Lipinski definition) is 1. The molecule has 0 fully saturated rings. The van der Waals surface area contributed by atoms with E-state index in [2.05, 4.69) is 5.32 Å². The minimum Gasteiger partial charge on any atom is -0.492 e. The highest BCUT2D eigenvalue weighted by atomic mass is 35.5. The minimum atomic E-state index is -3.98. The standard InChI is InChI=1S/C25H27ClN2O4S/c1-18-4-9-22(10-5-18)28(33(30,31)24-12-7-21(26)8-13-24)17-25(29)27-14-15-32-23-11-6-19(2)20(3)16-23/h4-13,16H,14-15,17H2,1-3H3,(H,27,29). The highest BCUT2D eigenvalue weighted by molar-refractivity contribution is 7.92. The average Bonchev–Trinajstić information content (AvgIpc) is 2.78. The number of halogens is 1. The summed E-state index contributed by atoms with van der Waals surface area (Å²) >= 11 is 5.91. The van der Waals surface area contributed by atoms with E-state index < -0.39 is 15.9 Å². The van der Waals surface area contributed by atoms with Crippen molar-refractivity contribution in [1.29, 1.82) is 0 Å². The fourth-order valence-electron chi connectivity index (χ4n) is 3.11. The van der Waals surface area contributed by atoms with Crippen LogP contribution < -0.4 is 14.4 Å². The zero-order valence-electron chi connectivity index (χ0n) is 18.8. The molecule has 0 heterocycles. The van der Waals surface area contributed by atoms with Crippen molar-refractivity contribution < 1.29 is 17.9 Å². The third-order valence-electron chi connectivity index (χ3n) is 5.18. The van der Waals surface area contributed by atoms with Crippen LogP contribution in [0.1, 0.15) is 16.7 Å². The van der Waals surface area contributed by atoms with Crippen LogP contribution >= 0.6 is 11.6 Å². The van der Waals surface area contributed by atoms with Crippen LogP contribution in [0.2, 0.25) is 5.02 Å². The molecule has 0 atom stereocenters. The van der Waals surface area contributed by atoms with Gasteiger partial charge in [0.15, 0.2) is 0 Å². The first-order chi connectivity index (χ1) is 15.7. The molecular formula is C25H27ClN2O4S. The first-order valence-electron chi connectivity index (χ1n) is 10.5. The van der Waals surface area contributed by atoms with Crippen molar-refractivity contribution in [2.45, 2.75) is 25.7 Å². The fraction of sp³-hybridized carbons (Fsp3) is 0.240. The van der Waals surface area contributed by atoms with Crippen LogP contribution in [0.25, 0.3) is 0 Å². The summed E-state index contributed by atoms with van der Waals surface area (Å²) < 4.78 is 33.4. The summed E-state index contributed by atoms with van der Waals surface area (Å²) in [6, 6.07) is 18.6. The third kappa shape index (κ3) is 6.49. The lowest BCUT2D eigenvalue weighted by atomic mass is 10.1. The lowest BCUT2D eigenvalue weighted by molar-refractivity contribution is -0.119. The number of sulfonamides is 1. The van der Waals surface area contributed by atoms with Gasteiger partial charge in [-0.15, -0.1) is 0 Å². The molecule has 33 heavy (non-hydrogen) atoms. The summed E-state index contributed by atoms with van der Waals surface area (Å²) in [6.45, 7) is 6.08. The molecule has 0 aliphatic rings. The van der Waals surface area contributed by atoms with Gasteiger partial charge < -0.3 is 10.1 Å². The van der Waals surface area contributed by atoms with Gasteiger partial charge in [0, 0.05) is 5.02 Å². The highest BCUT2D eigenvalue weighted by Gasteiger charge is 2.27. The van der Waals surface area contributed by atoms with Gasteiger partial charge in [-0.05, 0) is 80.4 Å². The number of nitrogens with zero attached hydrogens (tertiary/aromatic N) is 1. The highest BCUT2D eigenvalue weighted by Crippen LogP contribution is 2.25. The molecule has 174 valence electrons. The smallest absolute Gasteiger partial charge is 0.264 e. The van der Waals surface area contributed by atoms with Gasteiger partial charge in [0.25, 0.3) is 10.0 Å². The van der Waals surface area contributed by atoms with Crippen molar-refractivity contribution >= 4 is 33.2 Å². The average molecular weight is 487 g/mol. The Hall–Kier alpha value is -3.03. The molecule has 8 heteroatoms. The maximum Gasteiger partial charge on any atom is 0.264 e. The number of rotatable bonds is 9. The van der Waals surface area contributed by atoms with Crippen molar-refractivity contribution in [3.05, 3.63) is 88.4 Å². The molecule has 0 aromatic heterocycles. The number of ether oxygens (including phenoxy) is 1. The van der Waals surface area contributed by atoms with Gasteiger partial charge >= 0.3 is 0 Å². The summed E-state index contributed by atoms with van der Waals surface area (Å²) in [4.78, 5) is 12.7. The zero-order valence-corrected chi connectivity index (χ0v) is 20.4. The lowest BCUT2D eigenvalue weighted by Gasteiger charge is -2.24. The monoisotopic (exact) mass is 486 g/mol. The van der Waals surface area contributed by atoms with E-state index in [-0.39, 0.29) is 24.6 Å². The molecule has 3 rings (SSSR count). The Balaban J connectivity index is 1.69. The topological polar surface area (TPSA) is 75.7 Å². The molecule has 0 aliphatic heterocycles. The van der Waals surface area contributed by atoms with E-state index in [9.17, 15) is 13.2 Å². The van der Waals surface area contributed by atoms with E-state index in [1.807, 2.05) is 39.0 Å². The van der Waals surface area contributed by atoms with Crippen LogP contribution in [0.4, 0.5) is 5.69 Å². The molecule has 0 spiro atoms. The van der Waals surface area contributed by atoms with Crippen molar-refractivity contribution in [1.82, 2.24) is 5.32 Å². The Morgan fingerprint density at radius 1 is 0.939 bits per heavy atom. The van der Waals surface area contributed by atoms with Gasteiger partial charge in [0.2, 0.25) is 5.91 Å². The Morgan fingerprint density at radius 3 is 2.24 bits per heavy atom. The Kier molecular flexibility index (Phi) is 8.00. The summed E-state index contributed by atoms with van der Waals surface area (Å²) in [5, 5.41) is 3.16. The van der Waals surface area contributed by atoms with E-state index in [4.69, 9.17) is 16.3 Å². The van der Waals surface area contributed by atoms with Gasteiger partial charge in [-0.25, -0.2) is 8.42 Å². The van der Waals surface area contributed by atoms with E-state index in [0.717, 1.165) is 21.2 Å². The molecule has 0 aliphatic carbocycles. The van der Waals surface area contributed by atoms with E-state index in [1.54, 1.807) is 24.3 Å². The first-order valence-corrected chi connectivity index (χ1v) is 12.3. The van der Waals surface area contributed by atoms with Crippen LogP contribution in [-0.2, 0) is 14.8 Å². The SMILES string of the molecule is Cc1ccc(N(CC(=O)NCCOc2ccc(C)c(C)c2)S(=O)(=O)c2ccc(Cl)cc2)cc1. The molecular weight excluding hydrogens is 460 g/mol. The molecule has 3 aromatic carbocycles. The van der Waals surface area contributed by atoms with Crippen LogP contribution in [0.15, 0.2) is 71.6 Å². The molecule has 1 amide bonds. The molecule has 1 N–H and O–H groups in total. The summed E-state index contributed by atoms with van der Waals surface area (Å²) in [6.07, 6.45) is 0. The van der Waals surface area contributed by atoms with Crippen molar-refractivity contribution in [3.63, 3.8) is 0 Å².